The van der Waals surface area contributed by atoms with E-state index in [2.05, 4.69) is 25.0 Å². The van der Waals surface area contributed by atoms with Crippen molar-refractivity contribution in [3.63, 3.8) is 0 Å². The van der Waals surface area contributed by atoms with Crippen molar-refractivity contribution in [3.8, 4) is 5.88 Å². The molecule has 0 aliphatic heterocycles. The number of carbonyl (C=O) groups is 1. The lowest BCUT2D eigenvalue weighted by atomic mass is 10.0. The van der Waals surface area contributed by atoms with Crippen LogP contribution >= 0.6 is 11.6 Å². The number of nitrogens with one attached hydrogen (secondary N) is 1. The largest absolute Gasteiger partial charge is 0.467 e. The van der Waals surface area contributed by atoms with Crippen molar-refractivity contribution in [1.29, 1.82) is 0 Å². The molecule has 0 saturated carbocycles. The summed E-state index contributed by atoms with van der Waals surface area (Å²) in [6, 6.07) is 3.07. The number of nitrogens with zero attached hydrogens (tertiary/aromatic N) is 3. The predicted molar refractivity (Wildman–Crippen MR) is 107 cm³/mol. The molecule has 0 radical (unpaired) electrons. The molecule has 1 amide bonds. The van der Waals surface area contributed by atoms with Gasteiger partial charge in [-0.3, -0.25) is 4.79 Å². The number of aromatic nitrogens is 3. The lowest BCUT2D eigenvalue weighted by Crippen LogP contribution is -2.37. The first-order valence-corrected chi connectivity index (χ1v) is 9.27. The Labute approximate surface area is 178 Å². The fourth-order valence-electron chi connectivity index (χ4n) is 2.26. The number of ether oxygens (including phenoxy) is 1. The number of halogens is 4. The van der Waals surface area contributed by atoms with Gasteiger partial charge in [0.1, 0.15) is 17.0 Å². The fourth-order valence-corrected chi connectivity index (χ4v) is 2.48. The SMILES string of the molecule is CC(NC(C)(C)C)c1cnc(OCC(F)(F)F)c(Cl)c1.Cc1cc(C(N)=O)ncn1. The molecule has 166 valence electrons. The number of aryl methyl sites for hydroxylation is 1. The molecule has 7 nitrogen and oxygen atoms in total. The Kier molecular flexibility index (Phi) is 8.98. The van der Waals surface area contributed by atoms with Crippen LogP contribution in [0.2, 0.25) is 5.02 Å². The van der Waals surface area contributed by atoms with Crippen molar-refractivity contribution in [3.05, 3.63) is 46.6 Å². The van der Waals surface area contributed by atoms with Crippen LogP contribution in [0.1, 0.15) is 55.5 Å². The summed E-state index contributed by atoms with van der Waals surface area (Å²) in [4.78, 5) is 21.8. The molecule has 30 heavy (non-hydrogen) atoms. The average molecular weight is 448 g/mol. The standard InChI is InChI=1S/C13H18ClF3N2O.C6H7N3O/c1-8(19-12(2,3)4)9-5-10(14)11(18-6-9)20-7-13(15,16)17;1-4-2-5(6(7)10)9-3-8-4/h5-6,8,19H,7H2,1-4H3;2-3H,1H3,(H2,7,10). The summed E-state index contributed by atoms with van der Waals surface area (Å²) in [7, 11) is 0. The van der Waals surface area contributed by atoms with Gasteiger partial charge in [0.05, 0.1) is 0 Å². The van der Waals surface area contributed by atoms with Crippen LogP contribution in [0.25, 0.3) is 0 Å². The van der Waals surface area contributed by atoms with Crippen molar-refractivity contribution in [2.45, 2.75) is 52.4 Å². The highest BCUT2D eigenvalue weighted by molar-refractivity contribution is 6.31. The lowest BCUT2D eigenvalue weighted by Gasteiger charge is -2.26. The van der Waals surface area contributed by atoms with E-state index in [0.717, 1.165) is 11.3 Å². The maximum Gasteiger partial charge on any atom is 0.422 e. The van der Waals surface area contributed by atoms with Gasteiger partial charge in [-0.05, 0) is 52.3 Å². The number of rotatable bonds is 5. The van der Waals surface area contributed by atoms with Gasteiger partial charge in [0.15, 0.2) is 6.61 Å². The molecule has 2 aromatic rings. The van der Waals surface area contributed by atoms with Gasteiger partial charge in [-0.15, -0.1) is 0 Å². The van der Waals surface area contributed by atoms with E-state index in [-0.39, 0.29) is 28.2 Å². The number of amides is 1. The van der Waals surface area contributed by atoms with Gasteiger partial charge in [0.25, 0.3) is 5.91 Å². The molecule has 0 aromatic carbocycles. The van der Waals surface area contributed by atoms with E-state index < -0.39 is 18.7 Å². The number of nitrogens with two attached hydrogens (primary N) is 1. The molecule has 1 atom stereocenters. The third kappa shape index (κ3) is 9.84. The highest BCUT2D eigenvalue weighted by Gasteiger charge is 2.29. The van der Waals surface area contributed by atoms with E-state index >= 15 is 0 Å². The Hall–Kier alpha value is -2.46. The molecule has 0 aliphatic carbocycles. The summed E-state index contributed by atoms with van der Waals surface area (Å²) in [6.45, 7) is 8.33. The molecular weight excluding hydrogens is 423 g/mol. The Bertz CT molecular complexity index is 857. The van der Waals surface area contributed by atoms with Crippen LogP contribution in [-0.2, 0) is 0 Å². The maximum absolute atomic E-state index is 12.1. The third-order valence-electron chi connectivity index (χ3n) is 3.41. The van der Waals surface area contributed by atoms with Crippen LogP contribution in [0, 0.1) is 6.92 Å². The monoisotopic (exact) mass is 447 g/mol. The Morgan fingerprint density at radius 2 is 1.87 bits per heavy atom. The normalized spacial score (nSPS) is 12.6. The molecule has 2 heterocycles. The van der Waals surface area contributed by atoms with Crippen LogP contribution < -0.4 is 15.8 Å². The highest BCUT2D eigenvalue weighted by Crippen LogP contribution is 2.27. The number of hydrogen-bond acceptors (Lipinski definition) is 6. The molecule has 1 unspecified atom stereocenters. The van der Waals surface area contributed by atoms with Crippen LogP contribution in [0.5, 0.6) is 5.88 Å². The molecular formula is C19H25ClF3N5O2. The number of hydrogen-bond donors (Lipinski definition) is 2. The second-order valence-electron chi connectivity index (χ2n) is 7.48. The maximum atomic E-state index is 12.1. The lowest BCUT2D eigenvalue weighted by molar-refractivity contribution is -0.154. The second-order valence-corrected chi connectivity index (χ2v) is 7.89. The van der Waals surface area contributed by atoms with E-state index in [1.54, 1.807) is 19.1 Å². The first kappa shape index (κ1) is 25.6. The highest BCUT2D eigenvalue weighted by atomic mass is 35.5. The first-order chi connectivity index (χ1) is 13.7. The summed E-state index contributed by atoms with van der Waals surface area (Å²) in [5.41, 5.74) is 6.63. The van der Waals surface area contributed by atoms with Crippen molar-refractivity contribution in [1.82, 2.24) is 20.3 Å². The fraction of sp³-hybridized carbons (Fsp3) is 0.474. The molecule has 0 spiro atoms. The summed E-state index contributed by atoms with van der Waals surface area (Å²) in [5, 5.41) is 3.38. The van der Waals surface area contributed by atoms with E-state index in [0.29, 0.717) is 0 Å². The zero-order chi connectivity index (χ0) is 23.1. The zero-order valence-corrected chi connectivity index (χ0v) is 18.1. The summed E-state index contributed by atoms with van der Waals surface area (Å²) in [5.74, 6) is -0.735. The Morgan fingerprint density at radius 3 is 2.30 bits per heavy atom. The zero-order valence-electron chi connectivity index (χ0n) is 17.3. The smallest absolute Gasteiger partial charge is 0.422 e. The molecule has 0 fully saturated rings. The van der Waals surface area contributed by atoms with Crippen molar-refractivity contribution >= 4 is 17.5 Å². The molecule has 0 saturated heterocycles. The molecule has 2 aromatic heterocycles. The topological polar surface area (TPSA) is 103 Å². The minimum absolute atomic E-state index is 0.0309. The van der Waals surface area contributed by atoms with Crippen molar-refractivity contribution in [2.75, 3.05) is 6.61 Å². The van der Waals surface area contributed by atoms with Crippen LogP contribution in [0.4, 0.5) is 13.2 Å². The number of pyridine rings is 1. The number of primary amides is 1. The quantitative estimate of drug-likeness (QED) is 0.717. The van der Waals surface area contributed by atoms with E-state index in [4.69, 9.17) is 17.3 Å². The molecule has 2 rings (SSSR count). The summed E-state index contributed by atoms with van der Waals surface area (Å²) < 4.78 is 40.7. The van der Waals surface area contributed by atoms with Crippen LogP contribution in [0.3, 0.4) is 0 Å². The van der Waals surface area contributed by atoms with Gasteiger partial charge in [0, 0.05) is 23.5 Å². The molecule has 0 aliphatic rings. The van der Waals surface area contributed by atoms with E-state index in [1.165, 1.54) is 12.5 Å². The minimum atomic E-state index is -4.41. The van der Waals surface area contributed by atoms with Gasteiger partial charge < -0.3 is 15.8 Å². The number of carbonyl (C=O) groups excluding carboxylic acids is 1. The average Bonchev–Trinajstić information content (AvgIpc) is 2.59. The third-order valence-corrected chi connectivity index (χ3v) is 3.68. The van der Waals surface area contributed by atoms with E-state index in [9.17, 15) is 18.0 Å². The predicted octanol–water partition coefficient (Wildman–Crippen LogP) is 4.01. The second kappa shape index (κ2) is 10.5. The van der Waals surface area contributed by atoms with Crippen LogP contribution in [0.15, 0.2) is 24.7 Å². The Balaban J connectivity index is 0.000000375. The Morgan fingerprint density at radius 1 is 1.23 bits per heavy atom. The van der Waals surface area contributed by atoms with Gasteiger partial charge in [-0.25, -0.2) is 15.0 Å². The van der Waals surface area contributed by atoms with Gasteiger partial charge in [-0.2, -0.15) is 13.2 Å². The van der Waals surface area contributed by atoms with Crippen molar-refractivity contribution in [2.24, 2.45) is 5.73 Å². The summed E-state index contributed by atoms with van der Waals surface area (Å²) >= 11 is 5.89. The molecule has 3 N–H and O–H groups in total. The van der Waals surface area contributed by atoms with Crippen LogP contribution in [-0.4, -0.2) is 39.2 Å². The van der Waals surface area contributed by atoms with Gasteiger partial charge >= 0.3 is 6.18 Å². The first-order valence-electron chi connectivity index (χ1n) is 8.89. The van der Waals surface area contributed by atoms with E-state index in [1.807, 2.05) is 27.7 Å². The van der Waals surface area contributed by atoms with Gasteiger partial charge in [-0.1, -0.05) is 11.6 Å². The molecule has 0 bridgehead atoms. The van der Waals surface area contributed by atoms with Crippen molar-refractivity contribution < 1.29 is 22.7 Å². The summed E-state index contributed by atoms with van der Waals surface area (Å²) in [6.07, 6.45) is -1.64. The minimum Gasteiger partial charge on any atom is -0.467 e. The van der Waals surface area contributed by atoms with Gasteiger partial charge in [0.2, 0.25) is 5.88 Å². The number of alkyl halides is 3. The molecule has 11 heteroatoms.